The average molecular weight is 594 g/mol. The minimum atomic E-state index is -0.123. The van der Waals surface area contributed by atoms with Gasteiger partial charge in [0, 0.05) is 54.3 Å². The first-order chi connectivity index (χ1) is 18.6. The van der Waals surface area contributed by atoms with Crippen LogP contribution in [0.4, 0.5) is 0 Å². The van der Waals surface area contributed by atoms with E-state index in [2.05, 4.69) is 22.5 Å². The lowest BCUT2D eigenvalue weighted by Gasteiger charge is -2.43. The van der Waals surface area contributed by atoms with Crippen LogP contribution in [-0.4, -0.2) is 76.8 Å². The van der Waals surface area contributed by atoms with Crippen molar-refractivity contribution in [3.8, 4) is 5.75 Å². The topological polar surface area (TPSA) is 75.1 Å². The van der Waals surface area contributed by atoms with E-state index >= 15 is 0 Å². The van der Waals surface area contributed by atoms with E-state index in [1.54, 1.807) is 24.0 Å². The van der Waals surface area contributed by atoms with Crippen LogP contribution in [0.1, 0.15) is 32.7 Å². The molecule has 1 fully saturated rings. The molecule has 1 aromatic heterocycles. The van der Waals surface area contributed by atoms with E-state index in [4.69, 9.17) is 4.74 Å². The van der Waals surface area contributed by atoms with Gasteiger partial charge in [0.1, 0.15) is 12.3 Å². The van der Waals surface area contributed by atoms with Crippen molar-refractivity contribution in [1.29, 1.82) is 0 Å². The fourth-order valence-corrected chi connectivity index (χ4v) is 6.38. The molecule has 204 valence electrons. The lowest BCUT2D eigenvalue weighted by molar-refractivity contribution is -0.142. The van der Waals surface area contributed by atoms with Gasteiger partial charge in [-0.2, -0.15) is 0 Å². The van der Waals surface area contributed by atoms with Crippen LogP contribution in [-0.2, 0) is 29.1 Å². The Balaban J connectivity index is 1.45. The zero-order valence-electron chi connectivity index (χ0n) is 22.8. The summed E-state index contributed by atoms with van der Waals surface area (Å²) in [5.41, 5.74) is 5.51. The number of rotatable bonds is 6. The van der Waals surface area contributed by atoms with Crippen molar-refractivity contribution in [2.24, 2.45) is 0 Å². The first-order valence-electron chi connectivity index (χ1n) is 13.0. The summed E-state index contributed by atoms with van der Waals surface area (Å²) in [6.07, 6.45) is 2.02. The second-order valence-corrected chi connectivity index (χ2v) is 11.3. The smallest absolute Gasteiger partial charge is 0.256 e. The summed E-state index contributed by atoms with van der Waals surface area (Å²) in [5.74, 6) is 0.632. The Morgan fingerprint density at radius 2 is 1.92 bits per heavy atom. The number of benzene rings is 2. The number of amides is 3. The van der Waals surface area contributed by atoms with Gasteiger partial charge in [-0.05, 0) is 55.7 Å². The summed E-state index contributed by atoms with van der Waals surface area (Å²) in [5, 5.41) is 0.836. The molecule has 3 heterocycles. The van der Waals surface area contributed by atoms with Crippen molar-refractivity contribution >= 4 is 44.6 Å². The molecule has 39 heavy (non-hydrogen) atoms. The first kappa shape index (κ1) is 27.0. The molecule has 3 aromatic rings. The molecule has 0 N–H and O–H groups in total. The molecule has 2 aromatic carbocycles. The minimum absolute atomic E-state index is 0.0368. The maximum Gasteiger partial charge on any atom is 0.256 e. The predicted molar refractivity (Wildman–Crippen MR) is 154 cm³/mol. The van der Waals surface area contributed by atoms with Crippen LogP contribution in [0.2, 0.25) is 0 Å². The van der Waals surface area contributed by atoms with E-state index in [1.165, 1.54) is 6.08 Å². The van der Waals surface area contributed by atoms with Gasteiger partial charge in [-0.1, -0.05) is 34.6 Å². The Labute approximate surface area is 236 Å². The zero-order valence-corrected chi connectivity index (χ0v) is 24.4. The molecule has 8 nitrogen and oxygen atoms in total. The van der Waals surface area contributed by atoms with Crippen molar-refractivity contribution in [2.45, 2.75) is 39.4 Å². The summed E-state index contributed by atoms with van der Waals surface area (Å²) >= 11 is 3.60. The number of fused-ring (bicyclic) bond motifs is 2. The van der Waals surface area contributed by atoms with E-state index in [0.717, 1.165) is 49.9 Å². The number of likely N-dealkylation sites (tertiary alicyclic amines) is 1. The SMILES string of the molecule is C=CC(=O)N1CC(N(C)C(=O)Cn2c(C)c(C(=O)N3CCc4c(cccc4OC)C3)c3cc(Br)cc(C)c32)C1. The molecule has 0 spiro atoms. The summed E-state index contributed by atoms with van der Waals surface area (Å²) in [6.45, 7) is 9.65. The summed E-state index contributed by atoms with van der Waals surface area (Å²) in [6, 6.07) is 9.91. The molecule has 1 saturated heterocycles. The number of aryl methyl sites for hydroxylation is 1. The van der Waals surface area contributed by atoms with Gasteiger partial charge in [0.2, 0.25) is 11.8 Å². The standard InChI is InChI=1S/C30H33BrN4O4/c1-6-26(36)34-15-22(16-34)32(4)27(37)17-35-19(3)28(24-13-21(31)12-18(2)29(24)35)30(38)33-11-10-23-20(14-33)8-7-9-25(23)39-5/h6-9,12-13,22H,1,10-11,14-17H2,2-5H3. The van der Waals surface area contributed by atoms with Crippen LogP contribution >= 0.6 is 15.9 Å². The van der Waals surface area contributed by atoms with Crippen molar-refractivity contribution in [3.05, 3.63) is 75.4 Å². The zero-order chi connectivity index (χ0) is 28.0. The molecule has 0 atom stereocenters. The van der Waals surface area contributed by atoms with Gasteiger partial charge in [-0.15, -0.1) is 0 Å². The molecule has 0 aliphatic carbocycles. The Kier molecular flexibility index (Phi) is 7.29. The van der Waals surface area contributed by atoms with Gasteiger partial charge in [0.25, 0.3) is 5.91 Å². The van der Waals surface area contributed by atoms with Crippen LogP contribution < -0.4 is 4.74 Å². The fraction of sp³-hybridized carbons (Fsp3) is 0.367. The molecule has 0 saturated carbocycles. The molecule has 2 aliphatic rings. The number of hydrogen-bond acceptors (Lipinski definition) is 4. The molecule has 9 heteroatoms. The first-order valence-corrected chi connectivity index (χ1v) is 13.8. The maximum absolute atomic E-state index is 14.1. The quantitative estimate of drug-likeness (QED) is 0.404. The molecule has 0 unspecified atom stereocenters. The van der Waals surface area contributed by atoms with Gasteiger partial charge >= 0.3 is 0 Å². The number of carbonyl (C=O) groups is 3. The van der Waals surface area contributed by atoms with Crippen molar-refractivity contribution in [1.82, 2.24) is 19.3 Å². The normalized spacial score (nSPS) is 15.1. The second-order valence-electron chi connectivity index (χ2n) is 10.3. The van der Waals surface area contributed by atoms with Gasteiger partial charge in [-0.25, -0.2) is 0 Å². The molecule has 0 radical (unpaired) electrons. The van der Waals surface area contributed by atoms with E-state index < -0.39 is 0 Å². The number of methoxy groups -OCH3 is 1. The Morgan fingerprint density at radius 1 is 1.18 bits per heavy atom. The van der Waals surface area contributed by atoms with Crippen molar-refractivity contribution in [3.63, 3.8) is 0 Å². The largest absolute Gasteiger partial charge is 0.496 e. The molecule has 5 rings (SSSR count). The van der Waals surface area contributed by atoms with Crippen LogP contribution in [0.3, 0.4) is 0 Å². The minimum Gasteiger partial charge on any atom is -0.496 e. The Hall–Kier alpha value is -3.59. The molecule has 3 amide bonds. The number of ether oxygens (including phenoxy) is 1. The number of halogens is 1. The fourth-order valence-electron chi connectivity index (χ4n) is 5.81. The number of hydrogen-bond donors (Lipinski definition) is 0. The Bertz CT molecular complexity index is 1500. The van der Waals surface area contributed by atoms with E-state index in [1.807, 2.05) is 53.6 Å². The average Bonchev–Trinajstić information content (AvgIpc) is 3.16. The summed E-state index contributed by atoms with van der Waals surface area (Å²) < 4.78 is 8.39. The molecule has 2 aliphatic heterocycles. The molecular formula is C30H33BrN4O4. The lowest BCUT2D eigenvalue weighted by atomic mass is 9.97. The van der Waals surface area contributed by atoms with Gasteiger partial charge in [0.15, 0.2) is 0 Å². The van der Waals surface area contributed by atoms with Crippen LogP contribution in [0, 0.1) is 13.8 Å². The van der Waals surface area contributed by atoms with Crippen LogP contribution in [0.5, 0.6) is 5.75 Å². The lowest BCUT2D eigenvalue weighted by Crippen LogP contribution is -2.61. The van der Waals surface area contributed by atoms with Gasteiger partial charge in [0.05, 0.1) is 24.2 Å². The summed E-state index contributed by atoms with van der Waals surface area (Å²) in [4.78, 5) is 44.6. The number of aromatic nitrogens is 1. The second kappa shape index (κ2) is 10.5. The van der Waals surface area contributed by atoms with Crippen LogP contribution in [0.25, 0.3) is 10.9 Å². The van der Waals surface area contributed by atoms with E-state index in [-0.39, 0.29) is 30.3 Å². The summed E-state index contributed by atoms with van der Waals surface area (Å²) in [7, 11) is 3.45. The Morgan fingerprint density at radius 3 is 2.62 bits per heavy atom. The van der Waals surface area contributed by atoms with Crippen LogP contribution in [0.15, 0.2) is 47.5 Å². The van der Waals surface area contributed by atoms with Gasteiger partial charge in [-0.3, -0.25) is 14.4 Å². The van der Waals surface area contributed by atoms with Gasteiger partial charge < -0.3 is 24.0 Å². The predicted octanol–water partition coefficient (Wildman–Crippen LogP) is 4.08. The third-order valence-corrected chi connectivity index (χ3v) is 8.56. The van der Waals surface area contributed by atoms with Crippen molar-refractivity contribution in [2.75, 3.05) is 33.8 Å². The third-order valence-electron chi connectivity index (χ3n) is 8.10. The molecule has 0 bridgehead atoms. The number of likely N-dealkylation sites (N-methyl/N-ethyl adjacent to an activating group) is 1. The highest BCUT2D eigenvalue weighted by Gasteiger charge is 2.35. The number of nitrogens with zero attached hydrogens (tertiary/aromatic N) is 4. The van der Waals surface area contributed by atoms with E-state index in [9.17, 15) is 14.4 Å². The highest BCUT2D eigenvalue weighted by Crippen LogP contribution is 2.35. The molecular weight excluding hydrogens is 560 g/mol. The number of carbonyl (C=O) groups excluding carboxylic acids is 3. The maximum atomic E-state index is 14.1. The highest BCUT2D eigenvalue weighted by atomic mass is 79.9. The van der Waals surface area contributed by atoms with E-state index in [0.29, 0.717) is 31.7 Å². The monoisotopic (exact) mass is 592 g/mol. The van der Waals surface area contributed by atoms with Crippen molar-refractivity contribution < 1.29 is 19.1 Å². The highest BCUT2D eigenvalue weighted by molar-refractivity contribution is 9.10. The third kappa shape index (κ3) is 4.73.